The van der Waals surface area contributed by atoms with E-state index in [9.17, 15) is 4.79 Å². The molecule has 0 saturated heterocycles. The number of aryl methyl sites for hydroxylation is 1. The highest BCUT2D eigenvalue weighted by Crippen LogP contribution is 2.31. The van der Waals surface area contributed by atoms with Crippen molar-refractivity contribution in [2.45, 2.75) is 37.3 Å². The minimum absolute atomic E-state index is 0.495. The molecule has 1 atom stereocenters. The number of nitrogens with zero attached hydrogens (tertiary/aromatic N) is 1. The predicted molar refractivity (Wildman–Crippen MR) is 67.8 cm³/mol. The molecule has 0 aliphatic carbocycles. The molecule has 1 aromatic rings. The van der Waals surface area contributed by atoms with Crippen LogP contribution in [0.4, 0.5) is 0 Å². The highest BCUT2D eigenvalue weighted by Gasteiger charge is 2.32. The number of carboxylic acid groups (broad SMARTS) is 1. The molecule has 1 rings (SSSR count). The molecule has 0 bridgehead atoms. The Morgan fingerprint density at radius 2 is 2.38 bits per heavy atom. The second-order valence-corrected chi connectivity index (χ2v) is 6.66. The van der Waals surface area contributed by atoms with Gasteiger partial charge in [-0.1, -0.05) is 0 Å². The smallest absolute Gasteiger partial charge is 0.321 e. The number of thiazole rings is 1. The van der Waals surface area contributed by atoms with Crippen LogP contribution in [0.25, 0.3) is 0 Å². The summed E-state index contributed by atoms with van der Waals surface area (Å²) in [5.74, 6) is -0.264. The number of rotatable bonds is 5. The second kappa shape index (κ2) is 5.16. The van der Waals surface area contributed by atoms with Gasteiger partial charge in [-0.15, -0.1) is 23.1 Å². The van der Waals surface area contributed by atoms with Gasteiger partial charge in [-0.3, -0.25) is 4.79 Å². The van der Waals surface area contributed by atoms with E-state index < -0.39 is 16.8 Å². The number of carboxylic acids is 1. The summed E-state index contributed by atoms with van der Waals surface area (Å²) in [6.07, 6.45) is 0. The van der Waals surface area contributed by atoms with E-state index in [0.29, 0.717) is 5.75 Å². The first-order chi connectivity index (χ1) is 7.33. The molecule has 0 aromatic carbocycles. The summed E-state index contributed by atoms with van der Waals surface area (Å²) < 4.78 is -0.495. The quantitative estimate of drug-likeness (QED) is 0.845. The van der Waals surface area contributed by atoms with E-state index in [1.807, 2.05) is 26.2 Å². The van der Waals surface area contributed by atoms with Gasteiger partial charge in [0.2, 0.25) is 0 Å². The molecule has 90 valence electrons. The van der Waals surface area contributed by atoms with Crippen molar-refractivity contribution in [1.29, 1.82) is 0 Å². The number of thioether (sulfide) groups is 1. The van der Waals surface area contributed by atoms with Gasteiger partial charge in [0.25, 0.3) is 0 Å². The van der Waals surface area contributed by atoms with E-state index in [1.165, 1.54) is 11.8 Å². The van der Waals surface area contributed by atoms with Crippen LogP contribution in [0.1, 0.15) is 24.5 Å². The van der Waals surface area contributed by atoms with Crippen molar-refractivity contribution in [3.8, 4) is 0 Å². The van der Waals surface area contributed by atoms with Gasteiger partial charge >= 0.3 is 5.97 Å². The number of carbonyl (C=O) groups is 1. The molecule has 0 radical (unpaired) electrons. The molecule has 0 aliphatic heterocycles. The maximum absolute atomic E-state index is 10.8. The minimum atomic E-state index is -0.965. The fourth-order valence-corrected chi connectivity index (χ4v) is 2.95. The third-order valence-corrected chi connectivity index (χ3v) is 4.81. The summed E-state index contributed by atoms with van der Waals surface area (Å²) in [6, 6.07) is -0.862. The van der Waals surface area contributed by atoms with Gasteiger partial charge in [-0.25, -0.2) is 4.98 Å². The van der Waals surface area contributed by atoms with Crippen LogP contribution in [0, 0.1) is 6.92 Å². The summed E-state index contributed by atoms with van der Waals surface area (Å²) in [6.45, 7) is 5.63. The van der Waals surface area contributed by atoms with E-state index in [0.717, 1.165) is 10.7 Å². The number of aliphatic carboxylic acids is 1. The van der Waals surface area contributed by atoms with Crippen LogP contribution in [-0.4, -0.2) is 26.8 Å². The van der Waals surface area contributed by atoms with Crippen molar-refractivity contribution in [3.05, 3.63) is 16.1 Å². The summed E-state index contributed by atoms with van der Waals surface area (Å²) in [4.78, 5) is 15.1. The summed E-state index contributed by atoms with van der Waals surface area (Å²) >= 11 is 3.11. The first-order valence-corrected chi connectivity index (χ1v) is 6.73. The van der Waals surface area contributed by atoms with Gasteiger partial charge in [0.05, 0.1) is 0 Å². The molecule has 1 unspecified atom stereocenters. The normalized spacial score (nSPS) is 13.8. The van der Waals surface area contributed by atoms with Crippen molar-refractivity contribution in [3.63, 3.8) is 0 Å². The fraction of sp³-hybridized carbons (Fsp3) is 0.600. The lowest BCUT2D eigenvalue weighted by atomic mass is 10.1. The van der Waals surface area contributed by atoms with Crippen molar-refractivity contribution < 1.29 is 9.90 Å². The Morgan fingerprint density at radius 3 is 2.81 bits per heavy atom. The number of hydrogen-bond donors (Lipinski definition) is 2. The van der Waals surface area contributed by atoms with Crippen molar-refractivity contribution in [1.82, 2.24) is 4.98 Å². The number of nitrogens with two attached hydrogens (primary N) is 1. The maximum atomic E-state index is 10.8. The van der Waals surface area contributed by atoms with Gasteiger partial charge in [0.1, 0.15) is 11.0 Å². The van der Waals surface area contributed by atoms with Crippen molar-refractivity contribution in [2.75, 3.05) is 0 Å². The highest BCUT2D eigenvalue weighted by atomic mass is 32.2. The Morgan fingerprint density at radius 1 is 1.75 bits per heavy atom. The van der Waals surface area contributed by atoms with Crippen molar-refractivity contribution >= 4 is 29.1 Å². The van der Waals surface area contributed by atoms with Crippen LogP contribution in [0.2, 0.25) is 0 Å². The lowest BCUT2D eigenvalue weighted by Gasteiger charge is -2.27. The molecule has 1 aromatic heterocycles. The Kier molecular flexibility index (Phi) is 4.35. The topological polar surface area (TPSA) is 76.2 Å². The summed E-state index contributed by atoms with van der Waals surface area (Å²) in [7, 11) is 0. The number of aromatic nitrogens is 1. The minimum Gasteiger partial charge on any atom is -0.480 e. The fourth-order valence-electron chi connectivity index (χ4n) is 1.10. The predicted octanol–water partition coefficient (Wildman–Crippen LogP) is 1.88. The van der Waals surface area contributed by atoms with Crippen LogP contribution < -0.4 is 5.73 Å². The van der Waals surface area contributed by atoms with Crippen molar-refractivity contribution in [2.24, 2.45) is 5.73 Å². The number of hydrogen-bond acceptors (Lipinski definition) is 5. The van der Waals surface area contributed by atoms with Crippen LogP contribution in [0.3, 0.4) is 0 Å². The van der Waals surface area contributed by atoms with Gasteiger partial charge < -0.3 is 10.8 Å². The Bertz CT molecular complexity index is 377. The third-order valence-electron chi connectivity index (χ3n) is 2.25. The summed E-state index contributed by atoms with van der Waals surface area (Å²) in [5, 5.41) is 11.9. The van der Waals surface area contributed by atoms with Crippen LogP contribution in [0.15, 0.2) is 5.38 Å². The Labute approximate surface area is 103 Å². The average Bonchev–Trinajstić information content (AvgIpc) is 2.60. The molecular formula is C10H16N2O2S2. The largest absolute Gasteiger partial charge is 0.480 e. The average molecular weight is 260 g/mol. The van der Waals surface area contributed by atoms with E-state index in [1.54, 1.807) is 11.3 Å². The molecule has 0 amide bonds. The molecule has 0 fully saturated rings. The lowest BCUT2D eigenvalue weighted by Crippen LogP contribution is -2.46. The van der Waals surface area contributed by atoms with Gasteiger partial charge in [0.15, 0.2) is 0 Å². The van der Waals surface area contributed by atoms with Crippen LogP contribution >= 0.6 is 23.1 Å². The molecule has 4 nitrogen and oxygen atoms in total. The molecule has 6 heteroatoms. The lowest BCUT2D eigenvalue weighted by molar-refractivity contribution is -0.139. The summed E-state index contributed by atoms with van der Waals surface area (Å²) in [5.41, 5.74) is 6.63. The van der Waals surface area contributed by atoms with Crippen LogP contribution in [-0.2, 0) is 10.5 Å². The van der Waals surface area contributed by atoms with Gasteiger partial charge in [0, 0.05) is 21.6 Å². The van der Waals surface area contributed by atoms with E-state index in [2.05, 4.69) is 4.98 Å². The van der Waals surface area contributed by atoms with E-state index in [-0.39, 0.29) is 0 Å². The zero-order chi connectivity index (χ0) is 12.3. The first kappa shape index (κ1) is 13.5. The molecule has 1 heterocycles. The molecule has 0 aliphatic rings. The zero-order valence-electron chi connectivity index (χ0n) is 9.56. The molecule has 0 spiro atoms. The van der Waals surface area contributed by atoms with E-state index >= 15 is 0 Å². The van der Waals surface area contributed by atoms with Gasteiger partial charge in [-0.2, -0.15) is 0 Å². The van der Waals surface area contributed by atoms with Crippen LogP contribution in [0.5, 0.6) is 0 Å². The molecule has 16 heavy (non-hydrogen) atoms. The Hall–Kier alpha value is -0.590. The van der Waals surface area contributed by atoms with Gasteiger partial charge in [-0.05, 0) is 20.8 Å². The monoisotopic (exact) mass is 260 g/mol. The third kappa shape index (κ3) is 3.47. The standard InChI is InChI=1S/C10H16N2O2S2/c1-6-4-15-7(12-6)5-16-10(2,3)8(11)9(13)14/h4,8H,5,11H2,1-3H3,(H,13,14). The Balaban J connectivity index is 2.57. The SMILES string of the molecule is Cc1csc(CSC(C)(C)C(N)C(=O)O)n1. The molecular weight excluding hydrogens is 244 g/mol. The zero-order valence-corrected chi connectivity index (χ0v) is 11.2. The van der Waals surface area contributed by atoms with E-state index in [4.69, 9.17) is 10.8 Å². The first-order valence-electron chi connectivity index (χ1n) is 4.86. The molecule has 3 N–H and O–H groups in total. The highest BCUT2D eigenvalue weighted by molar-refractivity contribution is 8.00. The molecule has 0 saturated carbocycles. The maximum Gasteiger partial charge on any atom is 0.321 e. The second-order valence-electron chi connectivity index (χ2n) is 4.09.